The van der Waals surface area contributed by atoms with Gasteiger partial charge in [0.2, 0.25) is 5.91 Å². The fraction of sp³-hybridized carbons (Fsp3) is 0.385. The molecule has 1 aromatic rings. The number of amidine groups is 1. The molecule has 1 amide bonds. The van der Waals surface area contributed by atoms with Crippen LogP contribution in [0.15, 0.2) is 35.3 Å². The number of nitrogens with two attached hydrogens (primary N) is 1. The maximum Gasteiger partial charge on any atom is 0.243 e. The van der Waals surface area contributed by atoms with Crippen LogP contribution in [0.4, 0.5) is 0 Å². The van der Waals surface area contributed by atoms with E-state index in [0.29, 0.717) is 18.4 Å². The average Bonchev–Trinajstić information content (AvgIpc) is 2.88. The molecule has 0 bridgehead atoms. The summed E-state index contributed by atoms with van der Waals surface area (Å²) in [5.74, 6) is -0.447. The molecule has 5 nitrogen and oxygen atoms in total. The first kappa shape index (κ1) is 13.9. The molecule has 0 aliphatic carbocycles. The minimum absolute atomic E-state index is 0.0338. The molecule has 1 heterocycles. The summed E-state index contributed by atoms with van der Waals surface area (Å²) in [6.07, 6.45) is 0. The van der Waals surface area contributed by atoms with Crippen LogP contribution >= 0.6 is 11.8 Å². The van der Waals surface area contributed by atoms with Gasteiger partial charge in [0.25, 0.3) is 0 Å². The molecule has 0 radical (unpaired) electrons. The Morgan fingerprint density at radius 2 is 2.26 bits per heavy atom. The van der Waals surface area contributed by atoms with Gasteiger partial charge < -0.3 is 15.8 Å². The van der Waals surface area contributed by atoms with Gasteiger partial charge in [0.15, 0.2) is 5.17 Å². The van der Waals surface area contributed by atoms with E-state index >= 15 is 0 Å². The lowest BCUT2D eigenvalue weighted by molar-refractivity contribution is -0.122. The molecule has 1 aromatic carbocycles. The Morgan fingerprint density at radius 1 is 1.47 bits per heavy atom. The van der Waals surface area contributed by atoms with Crippen molar-refractivity contribution < 1.29 is 9.53 Å². The summed E-state index contributed by atoms with van der Waals surface area (Å²) < 4.78 is 5.07. The first-order valence-electron chi connectivity index (χ1n) is 6.11. The first-order valence-corrected chi connectivity index (χ1v) is 6.99. The smallest absolute Gasteiger partial charge is 0.243 e. The largest absolute Gasteiger partial charge is 0.370 e. The van der Waals surface area contributed by atoms with Crippen molar-refractivity contribution in [1.82, 2.24) is 5.32 Å². The lowest BCUT2D eigenvalue weighted by atomic mass is 10.1. The number of nitrogens with one attached hydrogen (secondary N) is 1. The van der Waals surface area contributed by atoms with Crippen molar-refractivity contribution >= 4 is 22.8 Å². The minimum Gasteiger partial charge on any atom is -0.370 e. The Bertz CT molecular complexity index is 450. The fourth-order valence-electron chi connectivity index (χ4n) is 1.72. The Labute approximate surface area is 116 Å². The van der Waals surface area contributed by atoms with Gasteiger partial charge in [-0.1, -0.05) is 42.1 Å². The summed E-state index contributed by atoms with van der Waals surface area (Å²) in [4.78, 5) is 14.9. The number of amides is 1. The number of aliphatic imine (C=N–C) groups is 1. The Kier molecular flexibility index (Phi) is 5.23. The third-order valence-corrected chi connectivity index (χ3v) is 3.80. The first-order chi connectivity index (χ1) is 9.25. The average molecular weight is 279 g/mol. The monoisotopic (exact) mass is 279 g/mol. The van der Waals surface area contributed by atoms with E-state index < -0.39 is 5.91 Å². The van der Waals surface area contributed by atoms with Crippen LogP contribution in [0.1, 0.15) is 10.8 Å². The van der Waals surface area contributed by atoms with Gasteiger partial charge in [-0.3, -0.25) is 9.79 Å². The molecule has 0 aromatic heterocycles. The van der Waals surface area contributed by atoms with Gasteiger partial charge in [-0.2, -0.15) is 0 Å². The van der Waals surface area contributed by atoms with E-state index in [9.17, 15) is 4.79 Å². The van der Waals surface area contributed by atoms with E-state index in [-0.39, 0.29) is 6.61 Å². The van der Waals surface area contributed by atoms with Gasteiger partial charge in [0.1, 0.15) is 6.61 Å². The van der Waals surface area contributed by atoms with Crippen molar-refractivity contribution in [2.24, 2.45) is 10.7 Å². The number of benzene rings is 1. The van der Waals surface area contributed by atoms with Crippen LogP contribution in [0.2, 0.25) is 0 Å². The predicted octanol–water partition coefficient (Wildman–Crippen LogP) is 0.922. The highest BCUT2D eigenvalue weighted by Crippen LogP contribution is 2.33. The standard InChI is InChI=1S/C13H17N3O2S/c14-12(17)9-18-7-6-15-13-16-8-11(19-13)10-4-2-1-3-5-10/h1-5,11H,6-9H2,(H2,14,17)(H,15,16). The van der Waals surface area contributed by atoms with E-state index in [0.717, 1.165) is 11.7 Å². The van der Waals surface area contributed by atoms with E-state index in [1.54, 1.807) is 11.8 Å². The molecule has 2 rings (SSSR count). The third-order valence-electron chi connectivity index (χ3n) is 2.59. The van der Waals surface area contributed by atoms with Crippen molar-refractivity contribution in [1.29, 1.82) is 0 Å². The van der Waals surface area contributed by atoms with Gasteiger partial charge in [0, 0.05) is 6.54 Å². The maximum atomic E-state index is 10.5. The number of thioether (sulfide) groups is 1. The number of nitrogens with zero attached hydrogens (tertiary/aromatic N) is 1. The van der Waals surface area contributed by atoms with Gasteiger partial charge in [0.05, 0.1) is 18.4 Å². The molecule has 19 heavy (non-hydrogen) atoms. The molecule has 0 saturated heterocycles. The predicted molar refractivity (Wildman–Crippen MR) is 77.1 cm³/mol. The summed E-state index contributed by atoms with van der Waals surface area (Å²) >= 11 is 1.72. The summed E-state index contributed by atoms with van der Waals surface area (Å²) in [6.45, 7) is 1.83. The second-order valence-corrected chi connectivity index (χ2v) is 5.30. The molecule has 1 unspecified atom stereocenters. The van der Waals surface area contributed by atoms with Crippen LogP contribution < -0.4 is 11.1 Å². The van der Waals surface area contributed by atoms with Crippen molar-refractivity contribution in [2.45, 2.75) is 5.25 Å². The Morgan fingerprint density at radius 3 is 3.00 bits per heavy atom. The second kappa shape index (κ2) is 7.16. The summed E-state index contributed by atoms with van der Waals surface area (Å²) in [7, 11) is 0. The number of hydrogen-bond acceptors (Lipinski definition) is 5. The van der Waals surface area contributed by atoms with Crippen LogP contribution in [0.5, 0.6) is 0 Å². The van der Waals surface area contributed by atoms with E-state index in [4.69, 9.17) is 10.5 Å². The lowest BCUT2D eigenvalue weighted by Gasteiger charge is -2.09. The SMILES string of the molecule is NC(=O)COCCNC1=NCC(c2ccccc2)S1. The molecule has 1 aliphatic heterocycles. The summed E-state index contributed by atoms with van der Waals surface area (Å²) in [5, 5.41) is 4.50. The van der Waals surface area contributed by atoms with E-state index in [2.05, 4.69) is 22.4 Å². The normalized spacial score (nSPS) is 18.1. The molecule has 1 atom stereocenters. The van der Waals surface area contributed by atoms with Crippen LogP contribution in [0.3, 0.4) is 0 Å². The zero-order chi connectivity index (χ0) is 13.5. The van der Waals surface area contributed by atoms with Crippen LogP contribution in [0.25, 0.3) is 0 Å². The molecular weight excluding hydrogens is 262 g/mol. The van der Waals surface area contributed by atoms with Crippen LogP contribution in [-0.4, -0.2) is 37.4 Å². The highest BCUT2D eigenvalue weighted by atomic mass is 32.2. The van der Waals surface area contributed by atoms with Crippen molar-refractivity contribution in [3.8, 4) is 0 Å². The molecule has 6 heteroatoms. The highest BCUT2D eigenvalue weighted by Gasteiger charge is 2.20. The minimum atomic E-state index is -0.447. The third kappa shape index (κ3) is 4.57. The maximum absolute atomic E-state index is 10.5. The zero-order valence-electron chi connectivity index (χ0n) is 10.5. The van der Waals surface area contributed by atoms with Gasteiger partial charge in [-0.05, 0) is 5.56 Å². The molecule has 0 spiro atoms. The van der Waals surface area contributed by atoms with Gasteiger partial charge in [-0.25, -0.2) is 0 Å². The highest BCUT2D eigenvalue weighted by molar-refractivity contribution is 8.14. The van der Waals surface area contributed by atoms with E-state index in [1.807, 2.05) is 18.2 Å². The molecule has 0 fully saturated rings. The number of ether oxygens (including phenoxy) is 1. The zero-order valence-corrected chi connectivity index (χ0v) is 11.4. The molecule has 0 saturated carbocycles. The summed E-state index contributed by atoms with van der Waals surface area (Å²) in [6, 6.07) is 10.3. The van der Waals surface area contributed by atoms with Crippen molar-refractivity contribution in [3.63, 3.8) is 0 Å². The fourth-order valence-corrected chi connectivity index (χ4v) is 2.76. The van der Waals surface area contributed by atoms with Crippen molar-refractivity contribution in [3.05, 3.63) is 35.9 Å². The molecule has 102 valence electrons. The summed E-state index contributed by atoms with van der Waals surface area (Å²) in [5.41, 5.74) is 6.26. The Hall–Kier alpha value is -1.53. The number of carbonyl (C=O) groups excluding carboxylic acids is 1. The van der Waals surface area contributed by atoms with Crippen LogP contribution in [0, 0.1) is 0 Å². The van der Waals surface area contributed by atoms with Crippen molar-refractivity contribution in [2.75, 3.05) is 26.3 Å². The molecule has 1 aliphatic rings. The Balaban J connectivity index is 1.66. The number of rotatable bonds is 6. The van der Waals surface area contributed by atoms with E-state index in [1.165, 1.54) is 5.56 Å². The quantitative estimate of drug-likeness (QED) is 0.759. The number of primary amides is 1. The number of hydrogen-bond donors (Lipinski definition) is 2. The van der Waals surface area contributed by atoms with Gasteiger partial charge >= 0.3 is 0 Å². The van der Waals surface area contributed by atoms with Gasteiger partial charge in [-0.15, -0.1) is 0 Å². The molecule has 3 N–H and O–H groups in total. The second-order valence-electron chi connectivity index (χ2n) is 4.11. The topological polar surface area (TPSA) is 76.7 Å². The lowest BCUT2D eigenvalue weighted by Crippen LogP contribution is -2.26. The number of carbonyl (C=O) groups is 1. The molecular formula is C13H17N3O2S. The van der Waals surface area contributed by atoms with Crippen LogP contribution in [-0.2, 0) is 9.53 Å².